The number of nitrogens with zero attached hydrogens (tertiary/aromatic N) is 6. The molecule has 4 rings (SSSR count). The highest BCUT2D eigenvalue weighted by molar-refractivity contribution is 7.98. The van der Waals surface area contributed by atoms with Crippen LogP contribution in [0.25, 0.3) is 11.3 Å². The van der Waals surface area contributed by atoms with E-state index in [1.807, 2.05) is 50.2 Å². The van der Waals surface area contributed by atoms with Gasteiger partial charge in [-0.05, 0) is 53.6 Å². The minimum atomic E-state index is -0.0902. The Labute approximate surface area is 153 Å². The van der Waals surface area contributed by atoms with Crippen LogP contribution in [0, 0.1) is 13.8 Å². The molecule has 7 nitrogen and oxygen atoms in total. The Hall–Kier alpha value is -3.00. The molecule has 0 bridgehead atoms. The molecule has 0 aliphatic heterocycles. The summed E-state index contributed by atoms with van der Waals surface area (Å²) in [6, 6.07) is 13.3. The molecule has 8 heteroatoms. The summed E-state index contributed by atoms with van der Waals surface area (Å²) in [5.74, 6) is 0.506. The van der Waals surface area contributed by atoms with Gasteiger partial charge in [-0.25, -0.2) is 4.98 Å². The molecule has 0 amide bonds. The Balaban J connectivity index is 1.63. The van der Waals surface area contributed by atoms with Gasteiger partial charge in [0, 0.05) is 18.0 Å². The molecule has 3 heterocycles. The van der Waals surface area contributed by atoms with Crippen molar-refractivity contribution in [3.8, 4) is 5.69 Å². The topological polar surface area (TPSA) is 78.0 Å². The van der Waals surface area contributed by atoms with Crippen molar-refractivity contribution in [3.05, 3.63) is 75.8 Å². The summed E-state index contributed by atoms with van der Waals surface area (Å²) in [4.78, 5) is 16.9. The summed E-state index contributed by atoms with van der Waals surface area (Å²) in [5, 5.41) is 12.6. The van der Waals surface area contributed by atoms with Gasteiger partial charge in [0.2, 0.25) is 5.16 Å². The zero-order valence-electron chi connectivity index (χ0n) is 14.3. The molecule has 0 unspecified atom stereocenters. The fraction of sp³-hybridized carbons (Fsp3) is 0.167. The van der Waals surface area contributed by atoms with E-state index in [9.17, 15) is 4.79 Å². The molecule has 0 fully saturated rings. The minimum Gasteiger partial charge on any atom is -0.269 e. The van der Waals surface area contributed by atoms with Crippen molar-refractivity contribution in [2.24, 2.45) is 0 Å². The van der Waals surface area contributed by atoms with E-state index in [0.717, 1.165) is 16.8 Å². The number of aryl methyl sites for hydroxylation is 2. The lowest BCUT2D eigenvalue weighted by Gasteiger charge is -2.07. The number of hydrogen-bond donors (Lipinski definition) is 0. The van der Waals surface area contributed by atoms with Crippen LogP contribution in [-0.4, -0.2) is 29.6 Å². The van der Waals surface area contributed by atoms with Crippen LogP contribution in [0.2, 0.25) is 0 Å². The van der Waals surface area contributed by atoms with Gasteiger partial charge in [-0.1, -0.05) is 30.0 Å². The number of fused-ring (bicyclic) bond motifs is 1. The average Bonchev–Trinajstić information content (AvgIpc) is 3.09. The molecule has 26 heavy (non-hydrogen) atoms. The van der Waals surface area contributed by atoms with Crippen molar-refractivity contribution in [1.29, 1.82) is 0 Å². The molecular formula is C18H16N6OS. The van der Waals surface area contributed by atoms with Crippen LogP contribution in [0.4, 0.5) is 0 Å². The predicted octanol–water partition coefficient (Wildman–Crippen LogP) is 2.58. The van der Waals surface area contributed by atoms with Gasteiger partial charge in [0.05, 0.1) is 11.4 Å². The number of hydrogen-bond acceptors (Lipinski definition) is 6. The number of pyridine rings is 1. The summed E-state index contributed by atoms with van der Waals surface area (Å²) in [6.45, 7) is 3.96. The van der Waals surface area contributed by atoms with Crippen LogP contribution in [0.5, 0.6) is 0 Å². The molecule has 0 aliphatic rings. The Morgan fingerprint density at radius 3 is 2.85 bits per heavy atom. The second-order valence-electron chi connectivity index (χ2n) is 5.97. The van der Waals surface area contributed by atoms with E-state index in [2.05, 4.69) is 20.5 Å². The van der Waals surface area contributed by atoms with Crippen molar-refractivity contribution >= 4 is 17.4 Å². The average molecular weight is 364 g/mol. The number of thioether (sulfide) groups is 1. The van der Waals surface area contributed by atoms with Gasteiger partial charge in [-0.3, -0.25) is 9.20 Å². The molecule has 0 radical (unpaired) electrons. The van der Waals surface area contributed by atoms with E-state index < -0.39 is 0 Å². The Morgan fingerprint density at radius 1 is 1.12 bits per heavy atom. The highest BCUT2D eigenvalue weighted by Gasteiger charge is 2.11. The third-order valence-electron chi connectivity index (χ3n) is 3.98. The smallest absolute Gasteiger partial charge is 0.258 e. The van der Waals surface area contributed by atoms with Crippen molar-refractivity contribution in [1.82, 2.24) is 29.6 Å². The molecule has 0 aliphatic carbocycles. The van der Waals surface area contributed by atoms with Crippen LogP contribution in [0.15, 0.2) is 58.6 Å². The molecule has 0 spiro atoms. The van der Waals surface area contributed by atoms with E-state index in [-0.39, 0.29) is 5.56 Å². The lowest BCUT2D eigenvalue weighted by molar-refractivity contribution is 0.755. The first kappa shape index (κ1) is 16.5. The third-order valence-corrected chi connectivity index (χ3v) is 4.93. The molecule has 0 atom stereocenters. The van der Waals surface area contributed by atoms with Crippen molar-refractivity contribution < 1.29 is 0 Å². The van der Waals surface area contributed by atoms with Crippen LogP contribution in [0.1, 0.15) is 16.8 Å². The van der Waals surface area contributed by atoms with E-state index in [4.69, 9.17) is 0 Å². The molecule has 3 aromatic heterocycles. The summed E-state index contributed by atoms with van der Waals surface area (Å²) in [7, 11) is 0. The Morgan fingerprint density at radius 2 is 2.00 bits per heavy atom. The van der Waals surface area contributed by atoms with E-state index in [0.29, 0.717) is 22.3 Å². The monoisotopic (exact) mass is 364 g/mol. The van der Waals surface area contributed by atoms with E-state index in [1.165, 1.54) is 11.8 Å². The van der Waals surface area contributed by atoms with Gasteiger partial charge in [0.25, 0.3) is 5.56 Å². The van der Waals surface area contributed by atoms with Crippen molar-refractivity contribution in [3.63, 3.8) is 0 Å². The van der Waals surface area contributed by atoms with Crippen LogP contribution >= 0.6 is 11.8 Å². The van der Waals surface area contributed by atoms with Crippen molar-refractivity contribution in [2.75, 3.05) is 0 Å². The lowest BCUT2D eigenvalue weighted by Crippen LogP contribution is -2.15. The van der Waals surface area contributed by atoms with Crippen LogP contribution < -0.4 is 5.56 Å². The first-order valence-corrected chi connectivity index (χ1v) is 9.06. The van der Waals surface area contributed by atoms with Gasteiger partial charge < -0.3 is 0 Å². The Bertz CT molecular complexity index is 1150. The number of benzene rings is 1. The van der Waals surface area contributed by atoms with Crippen LogP contribution in [0.3, 0.4) is 0 Å². The van der Waals surface area contributed by atoms with Gasteiger partial charge >= 0.3 is 0 Å². The summed E-state index contributed by atoms with van der Waals surface area (Å²) in [6.07, 6.45) is 1.73. The zero-order chi connectivity index (χ0) is 18.1. The third kappa shape index (κ3) is 3.11. The highest BCUT2D eigenvalue weighted by Crippen LogP contribution is 2.22. The fourth-order valence-corrected chi connectivity index (χ4v) is 3.50. The summed E-state index contributed by atoms with van der Waals surface area (Å²) < 4.78 is 3.25. The molecule has 130 valence electrons. The Kier molecular flexibility index (Phi) is 4.26. The number of tetrazole rings is 1. The molecule has 1 aromatic carbocycles. The van der Waals surface area contributed by atoms with E-state index >= 15 is 0 Å². The highest BCUT2D eigenvalue weighted by atomic mass is 32.2. The maximum atomic E-state index is 12.3. The van der Waals surface area contributed by atoms with Gasteiger partial charge in [0.15, 0.2) is 0 Å². The maximum absolute atomic E-state index is 12.3. The van der Waals surface area contributed by atoms with Gasteiger partial charge in [-0.15, -0.1) is 5.10 Å². The number of rotatable bonds is 4. The molecule has 0 saturated carbocycles. The van der Waals surface area contributed by atoms with E-state index in [1.54, 1.807) is 21.3 Å². The second kappa shape index (κ2) is 6.72. The van der Waals surface area contributed by atoms with Crippen molar-refractivity contribution in [2.45, 2.75) is 24.8 Å². The molecular weight excluding hydrogens is 348 g/mol. The zero-order valence-corrected chi connectivity index (χ0v) is 15.1. The van der Waals surface area contributed by atoms with Crippen LogP contribution in [-0.2, 0) is 5.75 Å². The van der Waals surface area contributed by atoms with Gasteiger partial charge in [-0.2, -0.15) is 4.68 Å². The normalized spacial score (nSPS) is 11.2. The largest absolute Gasteiger partial charge is 0.269 e. The molecule has 0 saturated heterocycles. The maximum Gasteiger partial charge on any atom is 0.258 e. The first-order chi connectivity index (χ1) is 12.6. The SMILES string of the molecule is Cc1cccc(-n2nnnc2SCc2cc(=O)n3cccc(C)c3n2)c1. The summed E-state index contributed by atoms with van der Waals surface area (Å²) >= 11 is 1.45. The second-order valence-corrected chi connectivity index (χ2v) is 6.91. The van der Waals surface area contributed by atoms with Gasteiger partial charge in [0.1, 0.15) is 5.65 Å². The molecule has 0 N–H and O–H groups in total. The quantitative estimate of drug-likeness (QED) is 0.518. The summed E-state index contributed by atoms with van der Waals surface area (Å²) in [5.41, 5.74) is 4.28. The molecule has 4 aromatic rings. The fourth-order valence-electron chi connectivity index (χ4n) is 2.71. The predicted molar refractivity (Wildman–Crippen MR) is 99.7 cm³/mol. The standard InChI is InChI=1S/C18H16N6OS/c1-12-5-3-7-15(9-12)24-18(20-21-22-24)26-11-14-10-16(25)23-8-4-6-13(2)17(23)19-14/h3-10H,11H2,1-2H3. The minimum absolute atomic E-state index is 0.0902. The number of aromatic nitrogens is 6. The first-order valence-electron chi connectivity index (χ1n) is 8.08. The lowest BCUT2D eigenvalue weighted by atomic mass is 10.2.